The van der Waals surface area contributed by atoms with E-state index >= 15 is 0 Å². The second-order valence-corrected chi connectivity index (χ2v) is 5.21. The van der Waals surface area contributed by atoms with Crippen LogP contribution >= 0.6 is 0 Å². The van der Waals surface area contributed by atoms with E-state index < -0.39 is 0 Å². The molecule has 1 aliphatic carbocycles. The summed E-state index contributed by atoms with van der Waals surface area (Å²) in [5.74, 6) is 2.26. The SMILES string of the molecule is CCOc1ccccc1C1CCCCCC1CN. The molecule has 1 aromatic carbocycles. The summed E-state index contributed by atoms with van der Waals surface area (Å²) in [4.78, 5) is 0. The minimum absolute atomic E-state index is 0.584. The maximum atomic E-state index is 5.98. The quantitative estimate of drug-likeness (QED) is 0.823. The van der Waals surface area contributed by atoms with Gasteiger partial charge in [0.1, 0.15) is 5.75 Å². The Morgan fingerprint density at radius 1 is 1.17 bits per heavy atom. The van der Waals surface area contributed by atoms with E-state index in [4.69, 9.17) is 10.5 Å². The summed E-state index contributed by atoms with van der Waals surface area (Å²) in [5.41, 5.74) is 7.36. The van der Waals surface area contributed by atoms with E-state index in [0.29, 0.717) is 11.8 Å². The molecule has 1 fully saturated rings. The van der Waals surface area contributed by atoms with Gasteiger partial charge in [0.2, 0.25) is 0 Å². The number of nitrogens with two attached hydrogens (primary N) is 1. The van der Waals surface area contributed by atoms with Gasteiger partial charge in [-0.25, -0.2) is 0 Å². The van der Waals surface area contributed by atoms with Crippen molar-refractivity contribution in [1.82, 2.24) is 0 Å². The fourth-order valence-electron chi connectivity index (χ4n) is 3.15. The highest BCUT2D eigenvalue weighted by molar-refractivity contribution is 5.37. The highest BCUT2D eigenvalue weighted by Crippen LogP contribution is 2.39. The molecule has 0 aliphatic heterocycles. The molecule has 0 bridgehead atoms. The van der Waals surface area contributed by atoms with Gasteiger partial charge in [-0.3, -0.25) is 0 Å². The van der Waals surface area contributed by atoms with E-state index in [-0.39, 0.29) is 0 Å². The van der Waals surface area contributed by atoms with Gasteiger partial charge in [-0.15, -0.1) is 0 Å². The molecular weight excluding hydrogens is 222 g/mol. The summed E-state index contributed by atoms with van der Waals surface area (Å²) < 4.78 is 5.78. The average Bonchev–Trinajstić information content (AvgIpc) is 2.65. The Labute approximate surface area is 111 Å². The van der Waals surface area contributed by atoms with E-state index in [1.807, 2.05) is 6.92 Å². The first-order chi connectivity index (χ1) is 8.86. The van der Waals surface area contributed by atoms with E-state index in [2.05, 4.69) is 24.3 Å². The van der Waals surface area contributed by atoms with Gasteiger partial charge in [0.05, 0.1) is 6.61 Å². The van der Waals surface area contributed by atoms with Crippen molar-refractivity contribution >= 4 is 0 Å². The lowest BCUT2D eigenvalue weighted by Gasteiger charge is -2.26. The molecule has 2 heteroatoms. The van der Waals surface area contributed by atoms with Crippen molar-refractivity contribution in [2.45, 2.75) is 44.9 Å². The smallest absolute Gasteiger partial charge is 0.122 e. The molecule has 2 nitrogen and oxygen atoms in total. The molecule has 2 unspecified atom stereocenters. The van der Waals surface area contributed by atoms with Gasteiger partial charge in [-0.1, -0.05) is 37.5 Å². The van der Waals surface area contributed by atoms with Gasteiger partial charge in [-0.2, -0.15) is 0 Å². The number of rotatable bonds is 4. The van der Waals surface area contributed by atoms with Crippen LogP contribution in [0.15, 0.2) is 24.3 Å². The molecule has 2 N–H and O–H groups in total. The molecule has 1 aromatic rings. The third-order valence-electron chi connectivity index (χ3n) is 4.08. The summed E-state index contributed by atoms with van der Waals surface area (Å²) >= 11 is 0. The highest BCUT2D eigenvalue weighted by atomic mass is 16.5. The van der Waals surface area contributed by atoms with Crippen LogP contribution in [0.5, 0.6) is 5.75 Å². The van der Waals surface area contributed by atoms with E-state index in [1.54, 1.807) is 0 Å². The van der Waals surface area contributed by atoms with Crippen LogP contribution in [0.25, 0.3) is 0 Å². The first-order valence-electron chi connectivity index (χ1n) is 7.28. The average molecular weight is 247 g/mol. The lowest BCUT2D eigenvalue weighted by molar-refractivity contribution is 0.323. The van der Waals surface area contributed by atoms with Crippen LogP contribution in [-0.4, -0.2) is 13.2 Å². The number of hydrogen-bond donors (Lipinski definition) is 1. The van der Waals surface area contributed by atoms with Crippen molar-refractivity contribution in [3.8, 4) is 5.75 Å². The van der Waals surface area contributed by atoms with Crippen LogP contribution in [0.3, 0.4) is 0 Å². The van der Waals surface area contributed by atoms with Crippen molar-refractivity contribution in [3.05, 3.63) is 29.8 Å². The van der Waals surface area contributed by atoms with Crippen LogP contribution in [0.4, 0.5) is 0 Å². The van der Waals surface area contributed by atoms with Gasteiger partial charge < -0.3 is 10.5 Å². The molecule has 1 aliphatic rings. The van der Waals surface area contributed by atoms with Crippen LogP contribution < -0.4 is 10.5 Å². The number of para-hydroxylation sites is 1. The summed E-state index contributed by atoms with van der Waals surface area (Å²) in [6.45, 7) is 3.58. The van der Waals surface area contributed by atoms with Crippen LogP contribution in [0.2, 0.25) is 0 Å². The van der Waals surface area contributed by atoms with Crippen molar-refractivity contribution in [3.63, 3.8) is 0 Å². The minimum atomic E-state index is 0.584. The molecule has 0 aromatic heterocycles. The molecule has 1 saturated carbocycles. The Morgan fingerprint density at radius 2 is 1.94 bits per heavy atom. The molecule has 0 heterocycles. The molecule has 2 rings (SSSR count). The Morgan fingerprint density at radius 3 is 2.72 bits per heavy atom. The lowest BCUT2D eigenvalue weighted by Crippen LogP contribution is -2.21. The van der Waals surface area contributed by atoms with Gasteiger partial charge in [0.15, 0.2) is 0 Å². The van der Waals surface area contributed by atoms with Crippen LogP contribution in [0, 0.1) is 5.92 Å². The monoisotopic (exact) mass is 247 g/mol. The molecular formula is C16H25NO. The third kappa shape index (κ3) is 3.05. The first kappa shape index (κ1) is 13.4. The fraction of sp³-hybridized carbons (Fsp3) is 0.625. The number of hydrogen-bond acceptors (Lipinski definition) is 2. The molecule has 0 amide bonds. The Bertz CT molecular complexity index is 364. The normalized spacial score (nSPS) is 24.6. The second kappa shape index (κ2) is 6.79. The zero-order chi connectivity index (χ0) is 12.8. The van der Waals surface area contributed by atoms with Crippen molar-refractivity contribution in [2.24, 2.45) is 11.7 Å². The standard InChI is InChI=1S/C16H25NO/c1-2-18-16-11-7-6-10-15(16)14-9-5-3-4-8-13(14)12-17/h6-7,10-11,13-14H,2-5,8-9,12,17H2,1H3. The molecule has 18 heavy (non-hydrogen) atoms. The maximum Gasteiger partial charge on any atom is 0.122 e. The van der Waals surface area contributed by atoms with Crippen molar-refractivity contribution in [2.75, 3.05) is 13.2 Å². The largest absolute Gasteiger partial charge is 0.494 e. The van der Waals surface area contributed by atoms with Crippen molar-refractivity contribution < 1.29 is 4.74 Å². The summed E-state index contributed by atoms with van der Waals surface area (Å²) in [5, 5.41) is 0. The molecule has 100 valence electrons. The van der Waals surface area contributed by atoms with Crippen LogP contribution in [-0.2, 0) is 0 Å². The summed E-state index contributed by atoms with van der Waals surface area (Å²) in [7, 11) is 0. The minimum Gasteiger partial charge on any atom is -0.494 e. The van der Waals surface area contributed by atoms with Crippen LogP contribution in [0.1, 0.15) is 50.5 Å². The van der Waals surface area contributed by atoms with Gasteiger partial charge in [0, 0.05) is 0 Å². The predicted octanol–water partition coefficient (Wildman–Crippen LogP) is 3.71. The summed E-state index contributed by atoms with van der Waals surface area (Å²) in [6.07, 6.45) is 6.52. The Kier molecular flexibility index (Phi) is 5.06. The zero-order valence-corrected chi connectivity index (χ0v) is 11.4. The third-order valence-corrected chi connectivity index (χ3v) is 4.08. The first-order valence-corrected chi connectivity index (χ1v) is 7.28. The maximum absolute atomic E-state index is 5.98. The van der Waals surface area contributed by atoms with E-state index in [1.165, 1.54) is 37.7 Å². The highest BCUT2D eigenvalue weighted by Gasteiger charge is 2.26. The molecule has 2 atom stereocenters. The molecule has 0 saturated heterocycles. The molecule has 0 spiro atoms. The Balaban J connectivity index is 2.26. The van der Waals surface area contributed by atoms with Gasteiger partial charge in [-0.05, 0) is 49.8 Å². The number of ether oxygens (including phenoxy) is 1. The predicted molar refractivity (Wildman–Crippen MR) is 76.0 cm³/mol. The van der Waals surface area contributed by atoms with Crippen molar-refractivity contribution in [1.29, 1.82) is 0 Å². The van der Waals surface area contributed by atoms with E-state index in [0.717, 1.165) is 18.9 Å². The number of benzene rings is 1. The van der Waals surface area contributed by atoms with Gasteiger partial charge in [0.25, 0.3) is 0 Å². The summed E-state index contributed by atoms with van der Waals surface area (Å²) in [6, 6.07) is 8.50. The fourth-order valence-corrected chi connectivity index (χ4v) is 3.15. The van der Waals surface area contributed by atoms with Gasteiger partial charge >= 0.3 is 0 Å². The molecule has 0 radical (unpaired) electrons. The van der Waals surface area contributed by atoms with E-state index in [9.17, 15) is 0 Å². The Hall–Kier alpha value is -1.02. The zero-order valence-electron chi connectivity index (χ0n) is 11.4. The topological polar surface area (TPSA) is 35.2 Å². The lowest BCUT2D eigenvalue weighted by atomic mass is 9.82. The second-order valence-electron chi connectivity index (χ2n) is 5.21.